The zero-order valence-corrected chi connectivity index (χ0v) is 14.0. The van der Waals surface area contributed by atoms with Gasteiger partial charge >= 0.3 is 5.97 Å². The summed E-state index contributed by atoms with van der Waals surface area (Å²) < 4.78 is 4.98. The van der Waals surface area contributed by atoms with Crippen molar-refractivity contribution in [1.82, 2.24) is 0 Å². The second-order valence-electron chi connectivity index (χ2n) is 5.64. The van der Waals surface area contributed by atoms with Crippen molar-refractivity contribution in [2.24, 2.45) is 5.92 Å². The van der Waals surface area contributed by atoms with E-state index < -0.39 is 17.9 Å². The van der Waals surface area contributed by atoms with E-state index in [1.54, 1.807) is 11.0 Å². The smallest absolute Gasteiger partial charge is 0.312 e. The van der Waals surface area contributed by atoms with E-state index in [9.17, 15) is 9.59 Å². The average molecular weight is 340 g/mol. The number of hydrogen-bond donors (Lipinski definition) is 0. The number of nitriles is 1. The predicted molar refractivity (Wildman–Crippen MR) is 90.4 cm³/mol. The molecule has 6 heteroatoms. The summed E-state index contributed by atoms with van der Waals surface area (Å²) in [6.07, 6.45) is 0.0840. The summed E-state index contributed by atoms with van der Waals surface area (Å²) in [7, 11) is 0. The highest BCUT2D eigenvalue weighted by Crippen LogP contribution is 2.43. The minimum absolute atomic E-state index is 0.0840. The average Bonchev–Trinajstić information content (AvgIpc) is 3.21. The molecular formula is C18H16N2O3S. The van der Waals surface area contributed by atoms with E-state index in [2.05, 4.69) is 0 Å². The maximum absolute atomic E-state index is 12.6. The lowest BCUT2D eigenvalue weighted by molar-refractivity contribution is -0.147. The highest BCUT2D eigenvalue weighted by atomic mass is 32.1. The normalized spacial score (nSPS) is 20.0. The number of rotatable bonds is 4. The maximum atomic E-state index is 12.6. The Balaban J connectivity index is 1.98. The van der Waals surface area contributed by atoms with E-state index in [1.807, 2.05) is 48.7 Å². The van der Waals surface area contributed by atoms with E-state index in [0.29, 0.717) is 0 Å². The Morgan fingerprint density at radius 3 is 2.75 bits per heavy atom. The number of aryl methyl sites for hydroxylation is 1. The molecule has 3 rings (SSSR count). The molecule has 0 unspecified atom stereocenters. The van der Waals surface area contributed by atoms with Crippen LogP contribution in [0.3, 0.4) is 0 Å². The van der Waals surface area contributed by atoms with Gasteiger partial charge in [-0.3, -0.25) is 9.59 Å². The van der Waals surface area contributed by atoms with Crippen LogP contribution in [0.4, 0.5) is 5.69 Å². The molecule has 0 aliphatic carbocycles. The number of esters is 1. The molecule has 0 saturated carbocycles. The highest BCUT2D eigenvalue weighted by molar-refractivity contribution is 7.10. The van der Waals surface area contributed by atoms with Crippen LogP contribution in [0.1, 0.15) is 22.9 Å². The van der Waals surface area contributed by atoms with Gasteiger partial charge in [0, 0.05) is 17.0 Å². The summed E-state index contributed by atoms with van der Waals surface area (Å²) in [6, 6.07) is 12.9. The van der Waals surface area contributed by atoms with Gasteiger partial charge in [0.15, 0.2) is 6.61 Å². The Bertz CT molecular complexity index is 778. The first-order valence-corrected chi connectivity index (χ1v) is 8.45. The van der Waals surface area contributed by atoms with Crippen molar-refractivity contribution < 1.29 is 14.3 Å². The number of thiophene rings is 1. The molecule has 1 aliphatic heterocycles. The third-order valence-electron chi connectivity index (χ3n) is 4.05. The van der Waals surface area contributed by atoms with Crippen molar-refractivity contribution in [3.8, 4) is 6.07 Å². The van der Waals surface area contributed by atoms with Crippen LogP contribution in [0, 0.1) is 24.2 Å². The van der Waals surface area contributed by atoms with E-state index in [4.69, 9.17) is 10.00 Å². The van der Waals surface area contributed by atoms with Crippen LogP contribution in [-0.2, 0) is 14.3 Å². The van der Waals surface area contributed by atoms with Crippen molar-refractivity contribution in [2.75, 3.05) is 11.5 Å². The Morgan fingerprint density at radius 2 is 2.12 bits per heavy atom. The van der Waals surface area contributed by atoms with E-state index >= 15 is 0 Å². The van der Waals surface area contributed by atoms with E-state index in [-0.39, 0.29) is 18.9 Å². The number of hydrogen-bond acceptors (Lipinski definition) is 5. The first-order valence-electron chi connectivity index (χ1n) is 7.57. The first-order chi connectivity index (χ1) is 11.6. The quantitative estimate of drug-likeness (QED) is 0.801. The lowest BCUT2D eigenvalue weighted by Crippen LogP contribution is -2.30. The molecule has 1 saturated heterocycles. The molecule has 0 bridgehead atoms. The van der Waals surface area contributed by atoms with Crippen molar-refractivity contribution >= 4 is 28.9 Å². The van der Waals surface area contributed by atoms with Crippen molar-refractivity contribution in [3.63, 3.8) is 0 Å². The first kappa shape index (κ1) is 16.2. The van der Waals surface area contributed by atoms with Crippen molar-refractivity contribution in [3.05, 3.63) is 52.2 Å². The van der Waals surface area contributed by atoms with Crippen LogP contribution in [0.5, 0.6) is 0 Å². The Hall–Kier alpha value is -2.65. The van der Waals surface area contributed by atoms with Gasteiger partial charge in [-0.1, -0.05) is 23.8 Å². The van der Waals surface area contributed by atoms with Gasteiger partial charge in [-0.05, 0) is 30.5 Å². The maximum Gasteiger partial charge on any atom is 0.312 e. The minimum atomic E-state index is -0.606. The van der Waals surface area contributed by atoms with Crippen LogP contribution < -0.4 is 4.90 Å². The molecule has 24 heavy (non-hydrogen) atoms. The minimum Gasteiger partial charge on any atom is -0.450 e. The fourth-order valence-corrected chi connectivity index (χ4v) is 3.83. The summed E-state index contributed by atoms with van der Waals surface area (Å²) in [5.74, 6) is -1.22. The predicted octanol–water partition coefficient (Wildman–Crippen LogP) is 3.22. The van der Waals surface area contributed by atoms with Gasteiger partial charge in [-0.2, -0.15) is 5.26 Å². The van der Waals surface area contributed by atoms with Crippen LogP contribution in [0.25, 0.3) is 0 Å². The zero-order chi connectivity index (χ0) is 17.1. The molecule has 0 spiro atoms. The van der Waals surface area contributed by atoms with Gasteiger partial charge in [0.2, 0.25) is 5.91 Å². The van der Waals surface area contributed by atoms with Gasteiger partial charge in [0.1, 0.15) is 6.07 Å². The van der Waals surface area contributed by atoms with E-state index in [0.717, 1.165) is 16.1 Å². The Kier molecular flexibility index (Phi) is 4.63. The van der Waals surface area contributed by atoms with Crippen LogP contribution in [0.15, 0.2) is 41.8 Å². The summed E-state index contributed by atoms with van der Waals surface area (Å²) in [4.78, 5) is 27.6. The molecule has 2 atom stereocenters. The second-order valence-corrected chi connectivity index (χ2v) is 6.62. The largest absolute Gasteiger partial charge is 0.450 e. The van der Waals surface area contributed by atoms with Gasteiger partial charge in [0.05, 0.1) is 12.0 Å². The monoisotopic (exact) mass is 340 g/mol. The summed E-state index contributed by atoms with van der Waals surface area (Å²) in [5, 5.41) is 10.5. The molecule has 0 radical (unpaired) electrons. The third kappa shape index (κ3) is 3.03. The number of ether oxygens (including phenoxy) is 1. The van der Waals surface area contributed by atoms with Gasteiger partial charge in [-0.15, -0.1) is 11.3 Å². The lowest BCUT2D eigenvalue weighted by Gasteiger charge is -2.26. The van der Waals surface area contributed by atoms with Crippen LogP contribution in [-0.4, -0.2) is 18.5 Å². The van der Waals surface area contributed by atoms with Gasteiger partial charge in [0.25, 0.3) is 0 Å². The SMILES string of the molecule is Cc1ccc(N2C(=O)C[C@@H](C(=O)OCC#N)[C@H]2c2cccs2)cc1. The second kappa shape index (κ2) is 6.85. The number of nitrogens with zero attached hydrogens (tertiary/aromatic N) is 2. The molecular weight excluding hydrogens is 324 g/mol. The molecule has 1 amide bonds. The molecule has 2 heterocycles. The molecule has 1 fully saturated rings. The molecule has 5 nitrogen and oxygen atoms in total. The molecule has 1 aromatic carbocycles. The Morgan fingerprint density at radius 1 is 1.38 bits per heavy atom. The van der Waals surface area contributed by atoms with Crippen LogP contribution in [0.2, 0.25) is 0 Å². The molecule has 0 N–H and O–H groups in total. The third-order valence-corrected chi connectivity index (χ3v) is 4.99. The van der Waals surface area contributed by atoms with Crippen LogP contribution >= 0.6 is 11.3 Å². The lowest BCUT2D eigenvalue weighted by atomic mass is 9.99. The number of carbonyl (C=O) groups is 2. The van der Waals surface area contributed by atoms with Crippen molar-refractivity contribution in [1.29, 1.82) is 5.26 Å². The standard InChI is InChI=1S/C18H16N2O3S/c1-12-4-6-13(7-5-12)20-16(21)11-14(18(22)23-9-8-19)17(20)15-3-2-10-24-15/h2-7,10,14,17H,9,11H2,1H3/t14-,17+/m1/s1. The molecule has 2 aromatic rings. The van der Waals surface area contributed by atoms with Crippen molar-refractivity contribution in [2.45, 2.75) is 19.4 Å². The number of amides is 1. The number of anilines is 1. The van der Waals surface area contributed by atoms with Gasteiger partial charge < -0.3 is 9.64 Å². The highest BCUT2D eigenvalue weighted by Gasteiger charge is 2.46. The molecule has 122 valence electrons. The van der Waals surface area contributed by atoms with E-state index in [1.165, 1.54) is 11.3 Å². The fourth-order valence-electron chi connectivity index (χ4n) is 2.95. The number of carbonyl (C=O) groups excluding carboxylic acids is 2. The fraction of sp³-hybridized carbons (Fsp3) is 0.278. The summed E-state index contributed by atoms with van der Waals surface area (Å²) in [6.45, 7) is 1.68. The number of benzene rings is 1. The molecule has 1 aromatic heterocycles. The topological polar surface area (TPSA) is 70.4 Å². The van der Waals surface area contributed by atoms with Gasteiger partial charge in [-0.25, -0.2) is 0 Å². The molecule has 1 aliphatic rings. The summed E-state index contributed by atoms with van der Waals surface area (Å²) >= 11 is 1.50. The zero-order valence-electron chi connectivity index (χ0n) is 13.1. The Labute approximate surface area is 144 Å². The summed E-state index contributed by atoms with van der Waals surface area (Å²) in [5.41, 5.74) is 1.86.